The Labute approximate surface area is 188 Å². The molecule has 0 saturated carbocycles. The highest BCUT2D eigenvalue weighted by atomic mass is 16.5. The number of β-amino-alcohol motifs (C(OH)–C–C–N with tert-alkyl or cyclic N) is 1. The maximum absolute atomic E-state index is 10.5. The maximum atomic E-state index is 10.5. The van der Waals surface area contributed by atoms with E-state index in [0.717, 1.165) is 55.9 Å². The van der Waals surface area contributed by atoms with E-state index in [-0.39, 0.29) is 0 Å². The Balaban J connectivity index is 1.12. The van der Waals surface area contributed by atoms with Gasteiger partial charge in [-0.1, -0.05) is 24.3 Å². The number of hydrogen-bond acceptors (Lipinski definition) is 6. The van der Waals surface area contributed by atoms with Crippen LogP contribution >= 0.6 is 0 Å². The number of fused-ring (bicyclic) bond motifs is 1. The summed E-state index contributed by atoms with van der Waals surface area (Å²) in [5, 5.41) is 19.8. The summed E-state index contributed by atoms with van der Waals surface area (Å²) >= 11 is 0. The third-order valence-corrected chi connectivity index (χ3v) is 6.47. The van der Waals surface area contributed by atoms with Crippen LogP contribution in [0.15, 0.2) is 48.8 Å². The molecule has 3 heterocycles. The van der Waals surface area contributed by atoms with Gasteiger partial charge in [-0.25, -0.2) is 4.98 Å². The number of aliphatic hydroxyl groups is 1. The molecular weight excluding hydrogens is 404 g/mol. The van der Waals surface area contributed by atoms with E-state index in [1.54, 1.807) is 6.33 Å². The zero-order valence-electron chi connectivity index (χ0n) is 18.2. The first-order valence-corrected chi connectivity index (χ1v) is 11.4. The molecule has 0 bridgehead atoms. The molecule has 2 aromatic carbocycles. The van der Waals surface area contributed by atoms with Gasteiger partial charge >= 0.3 is 0 Å². The molecule has 1 aromatic heterocycles. The van der Waals surface area contributed by atoms with E-state index in [2.05, 4.69) is 50.4 Å². The lowest BCUT2D eigenvalue weighted by molar-refractivity contribution is 0.0591. The number of aromatic amines is 1. The summed E-state index contributed by atoms with van der Waals surface area (Å²) in [6.45, 7) is 4.30. The van der Waals surface area contributed by atoms with Crippen molar-refractivity contribution in [2.45, 2.75) is 31.3 Å². The van der Waals surface area contributed by atoms with E-state index in [4.69, 9.17) is 9.47 Å². The van der Waals surface area contributed by atoms with Gasteiger partial charge in [0.05, 0.1) is 13.2 Å². The Morgan fingerprint density at radius 2 is 2.00 bits per heavy atom. The molecule has 7 heteroatoms. The van der Waals surface area contributed by atoms with Gasteiger partial charge in [0, 0.05) is 12.5 Å². The minimum atomic E-state index is -0.518. The van der Waals surface area contributed by atoms with Gasteiger partial charge in [-0.15, -0.1) is 0 Å². The van der Waals surface area contributed by atoms with E-state index in [1.807, 2.05) is 12.1 Å². The first kappa shape index (κ1) is 21.1. The second-order valence-corrected chi connectivity index (χ2v) is 8.69. The number of hydrogen-bond donors (Lipinski definition) is 2. The van der Waals surface area contributed by atoms with E-state index < -0.39 is 6.10 Å². The van der Waals surface area contributed by atoms with Gasteiger partial charge < -0.3 is 19.5 Å². The minimum Gasteiger partial charge on any atom is -0.491 e. The lowest BCUT2D eigenvalue weighted by Crippen LogP contribution is -2.40. The molecule has 1 saturated heterocycles. The van der Waals surface area contributed by atoms with Crippen molar-refractivity contribution < 1.29 is 14.6 Å². The number of nitrogens with zero attached hydrogens (tertiary/aromatic N) is 3. The third-order valence-electron chi connectivity index (χ3n) is 6.47. The van der Waals surface area contributed by atoms with Crippen molar-refractivity contribution in [2.24, 2.45) is 0 Å². The van der Waals surface area contributed by atoms with Crippen LogP contribution in [0.2, 0.25) is 0 Å². The van der Waals surface area contributed by atoms with Gasteiger partial charge in [-0.3, -0.25) is 5.10 Å². The number of nitrogens with one attached hydrogen (secondary N) is 1. The summed E-state index contributed by atoms with van der Waals surface area (Å²) in [5.41, 5.74) is 2.61. The predicted molar refractivity (Wildman–Crippen MR) is 124 cm³/mol. The Hall–Kier alpha value is -2.74. The normalized spacial score (nSPS) is 19.1. The van der Waals surface area contributed by atoms with Crippen LogP contribution in [0.25, 0.3) is 16.3 Å². The Kier molecular flexibility index (Phi) is 6.48. The third kappa shape index (κ3) is 5.01. The molecular formula is C25H30N4O3. The molecule has 7 nitrogen and oxygen atoms in total. The molecule has 3 aromatic rings. The van der Waals surface area contributed by atoms with Crippen LogP contribution in [0.5, 0.6) is 5.75 Å². The summed E-state index contributed by atoms with van der Waals surface area (Å²) < 4.78 is 11.3. The van der Waals surface area contributed by atoms with Crippen LogP contribution in [-0.4, -0.2) is 70.7 Å². The van der Waals surface area contributed by atoms with E-state index >= 15 is 0 Å². The highest BCUT2D eigenvalue weighted by Crippen LogP contribution is 2.28. The fourth-order valence-electron chi connectivity index (χ4n) is 4.65. The Morgan fingerprint density at radius 1 is 1.16 bits per heavy atom. The molecule has 1 atom stereocenters. The molecule has 2 N–H and O–H groups in total. The molecule has 0 amide bonds. The second-order valence-electron chi connectivity index (χ2n) is 8.69. The summed E-state index contributed by atoms with van der Waals surface area (Å²) in [4.78, 5) is 6.58. The highest BCUT2D eigenvalue weighted by Gasteiger charge is 2.24. The number of H-pyrrole nitrogens is 1. The first-order chi connectivity index (χ1) is 15.7. The van der Waals surface area contributed by atoms with Crippen LogP contribution in [0, 0.1) is 0 Å². The minimum absolute atomic E-state index is 0.290. The lowest BCUT2D eigenvalue weighted by atomic mass is 9.96. The number of likely N-dealkylation sites (tertiary alicyclic amines) is 1. The van der Waals surface area contributed by atoms with Gasteiger partial charge in [-0.05, 0) is 72.5 Å². The van der Waals surface area contributed by atoms with Crippen molar-refractivity contribution in [3.05, 3.63) is 60.2 Å². The smallest absolute Gasteiger partial charge is 0.137 e. The van der Waals surface area contributed by atoms with Gasteiger partial charge in [0.15, 0.2) is 0 Å². The van der Waals surface area contributed by atoms with Crippen LogP contribution in [0.4, 0.5) is 0 Å². The number of piperidine rings is 1. The average molecular weight is 435 g/mol. The Bertz CT molecular complexity index is 1060. The van der Waals surface area contributed by atoms with Crippen molar-refractivity contribution >= 4 is 16.3 Å². The summed E-state index contributed by atoms with van der Waals surface area (Å²) in [6.07, 6.45) is 6.23. The second kappa shape index (κ2) is 9.81. The fourth-order valence-corrected chi connectivity index (χ4v) is 4.65. The maximum Gasteiger partial charge on any atom is 0.137 e. The topological polar surface area (TPSA) is 83.5 Å². The van der Waals surface area contributed by atoms with Gasteiger partial charge in [0.25, 0.3) is 0 Å². The summed E-state index contributed by atoms with van der Waals surface area (Å²) in [6, 6.07) is 12.7. The van der Waals surface area contributed by atoms with Gasteiger partial charge in [-0.2, -0.15) is 5.10 Å². The first-order valence-electron chi connectivity index (χ1n) is 11.4. The van der Waals surface area contributed by atoms with Crippen molar-refractivity contribution in [3.8, 4) is 5.75 Å². The number of aromatic nitrogens is 3. The number of rotatable bonds is 7. The zero-order valence-corrected chi connectivity index (χ0v) is 18.2. The zero-order chi connectivity index (χ0) is 21.8. The van der Waals surface area contributed by atoms with Crippen molar-refractivity contribution in [1.29, 1.82) is 0 Å². The van der Waals surface area contributed by atoms with Crippen LogP contribution in [-0.2, 0) is 4.74 Å². The van der Waals surface area contributed by atoms with Gasteiger partial charge in [0.2, 0.25) is 0 Å². The molecule has 0 spiro atoms. The monoisotopic (exact) mass is 434 g/mol. The molecule has 168 valence electrons. The standard InChI is InChI=1S/C25H30N4O3/c30-23(15-29-9-5-19(6-10-29)25-26-17-27-28-25)16-32-24-4-3-21-13-20(1-2-22(21)14-24)18-7-11-31-12-8-18/h1-4,7,13-14,17,19,23,30H,5-6,8-12,15-16H2,(H,26,27,28). The quantitative estimate of drug-likeness (QED) is 0.593. The van der Waals surface area contributed by atoms with E-state index in [1.165, 1.54) is 16.5 Å². The molecule has 2 aliphatic rings. The van der Waals surface area contributed by atoms with Crippen molar-refractivity contribution in [3.63, 3.8) is 0 Å². The molecule has 1 fully saturated rings. The Morgan fingerprint density at radius 3 is 2.78 bits per heavy atom. The van der Waals surface area contributed by atoms with Crippen molar-refractivity contribution in [1.82, 2.24) is 20.1 Å². The molecule has 0 aliphatic carbocycles. The average Bonchev–Trinajstić information content (AvgIpc) is 3.38. The van der Waals surface area contributed by atoms with Crippen molar-refractivity contribution in [2.75, 3.05) is 39.5 Å². The lowest BCUT2D eigenvalue weighted by Gasteiger charge is -2.32. The fraction of sp³-hybridized carbons (Fsp3) is 0.440. The SMILES string of the molecule is OC(COc1ccc2cc(C3=CCOCC3)ccc2c1)CN1CCC(c2ncn[nH]2)CC1. The predicted octanol–water partition coefficient (Wildman–Crippen LogP) is 3.38. The molecule has 32 heavy (non-hydrogen) atoms. The van der Waals surface area contributed by atoms with Crippen LogP contribution < -0.4 is 4.74 Å². The number of ether oxygens (including phenoxy) is 2. The molecule has 5 rings (SSSR count). The largest absolute Gasteiger partial charge is 0.491 e. The molecule has 0 radical (unpaired) electrons. The van der Waals surface area contributed by atoms with Crippen LogP contribution in [0.3, 0.4) is 0 Å². The summed E-state index contributed by atoms with van der Waals surface area (Å²) in [5.74, 6) is 2.20. The van der Waals surface area contributed by atoms with E-state index in [0.29, 0.717) is 25.7 Å². The number of benzene rings is 2. The highest BCUT2D eigenvalue weighted by molar-refractivity contribution is 5.87. The van der Waals surface area contributed by atoms with Gasteiger partial charge in [0.1, 0.15) is 30.6 Å². The molecule has 2 aliphatic heterocycles. The van der Waals surface area contributed by atoms with E-state index in [9.17, 15) is 5.11 Å². The van der Waals surface area contributed by atoms with Crippen LogP contribution in [0.1, 0.15) is 36.6 Å². The number of aliphatic hydroxyl groups excluding tert-OH is 1. The molecule has 1 unspecified atom stereocenters. The summed E-state index contributed by atoms with van der Waals surface area (Å²) in [7, 11) is 0.